The van der Waals surface area contributed by atoms with Gasteiger partial charge in [0.25, 0.3) is 0 Å². The van der Waals surface area contributed by atoms with Gasteiger partial charge in [0.2, 0.25) is 5.91 Å². The van der Waals surface area contributed by atoms with Gasteiger partial charge >= 0.3 is 0 Å². The predicted molar refractivity (Wildman–Crippen MR) is 90.7 cm³/mol. The van der Waals surface area contributed by atoms with E-state index in [0.29, 0.717) is 5.02 Å². The molecule has 0 aliphatic rings. The Morgan fingerprint density at radius 1 is 1.05 bits per heavy atom. The van der Waals surface area contributed by atoms with Crippen molar-refractivity contribution in [1.82, 2.24) is 0 Å². The highest BCUT2D eigenvalue weighted by Crippen LogP contribution is 2.27. The second-order valence-electron chi connectivity index (χ2n) is 5.49. The average molecular weight is 318 g/mol. The molecule has 1 N–H and O–H groups in total. The number of rotatable bonds is 5. The molecule has 4 heteroatoms. The number of methoxy groups -OCH3 is 1. The van der Waals surface area contributed by atoms with E-state index in [1.165, 1.54) is 0 Å². The summed E-state index contributed by atoms with van der Waals surface area (Å²) in [5.41, 5.74) is 1.72. The van der Waals surface area contributed by atoms with Gasteiger partial charge in [0.15, 0.2) is 0 Å². The zero-order valence-electron chi connectivity index (χ0n) is 13.0. The smallest absolute Gasteiger partial charge is 0.232 e. The number of carbonyl (C=O) groups excluding carboxylic acids is 1. The zero-order valence-corrected chi connectivity index (χ0v) is 13.7. The lowest BCUT2D eigenvalue weighted by molar-refractivity contribution is -0.118. The SMILES string of the molecule is COc1ccc(NC(=O)[C@@H](c2ccc(Cl)cc2)C(C)C)cc1. The Morgan fingerprint density at radius 3 is 2.14 bits per heavy atom. The number of hydrogen-bond acceptors (Lipinski definition) is 2. The first kappa shape index (κ1) is 16.4. The number of benzene rings is 2. The van der Waals surface area contributed by atoms with Crippen molar-refractivity contribution in [3.8, 4) is 5.75 Å². The molecule has 0 radical (unpaired) electrons. The number of carbonyl (C=O) groups is 1. The number of hydrogen-bond donors (Lipinski definition) is 1. The fourth-order valence-electron chi connectivity index (χ4n) is 2.40. The largest absolute Gasteiger partial charge is 0.497 e. The highest BCUT2D eigenvalue weighted by molar-refractivity contribution is 6.30. The van der Waals surface area contributed by atoms with Crippen LogP contribution in [0.15, 0.2) is 48.5 Å². The van der Waals surface area contributed by atoms with Crippen molar-refractivity contribution in [3.63, 3.8) is 0 Å². The quantitative estimate of drug-likeness (QED) is 0.866. The van der Waals surface area contributed by atoms with E-state index in [0.717, 1.165) is 17.0 Å². The van der Waals surface area contributed by atoms with E-state index in [2.05, 4.69) is 5.32 Å². The molecule has 0 spiro atoms. The molecule has 0 heterocycles. The molecule has 116 valence electrons. The van der Waals surface area contributed by atoms with E-state index in [9.17, 15) is 4.79 Å². The molecular formula is C18H20ClNO2. The van der Waals surface area contributed by atoms with Gasteiger partial charge in [-0.05, 0) is 47.9 Å². The summed E-state index contributed by atoms with van der Waals surface area (Å²) in [6, 6.07) is 14.7. The van der Waals surface area contributed by atoms with Crippen LogP contribution >= 0.6 is 11.6 Å². The Balaban J connectivity index is 2.17. The first-order valence-corrected chi connectivity index (χ1v) is 7.59. The van der Waals surface area contributed by atoms with Crippen molar-refractivity contribution in [2.45, 2.75) is 19.8 Å². The molecule has 3 nitrogen and oxygen atoms in total. The predicted octanol–water partition coefficient (Wildman–Crippen LogP) is 4.73. The van der Waals surface area contributed by atoms with Crippen molar-refractivity contribution in [2.24, 2.45) is 5.92 Å². The number of ether oxygens (including phenoxy) is 1. The summed E-state index contributed by atoms with van der Waals surface area (Å²) < 4.78 is 5.12. The van der Waals surface area contributed by atoms with Gasteiger partial charge in [-0.2, -0.15) is 0 Å². The first-order chi connectivity index (χ1) is 10.5. The maximum atomic E-state index is 12.6. The Labute approximate surface area is 136 Å². The molecule has 0 unspecified atom stereocenters. The van der Waals surface area contributed by atoms with Gasteiger partial charge < -0.3 is 10.1 Å². The molecule has 2 rings (SSSR count). The lowest BCUT2D eigenvalue weighted by Crippen LogP contribution is -2.25. The van der Waals surface area contributed by atoms with E-state index in [-0.39, 0.29) is 17.7 Å². The van der Waals surface area contributed by atoms with Crippen LogP contribution in [0.3, 0.4) is 0 Å². The second-order valence-corrected chi connectivity index (χ2v) is 5.93. The van der Waals surface area contributed by atoms with Crippen LogP contribution in [0.2, 0.25) is 5.02 Å². The third-order valence-corrected chi connectivity index (χ3v) is 3.79. The summed E-state index contributed by atoms with van der Waals surface area (Å²) in [5, 5.41) is 3.63. The highest BCUT2D eigenvalue weighted by Gasteiger charge is 2.24. The minimum absolute atomic E-state index is 0.0255. The summed E-state index contributed by atoms with van der Waals surface area (Å²) in [4.78, 5) is 12.6. The van der Waals surface area contributed by atoms with Gasteiger partial charge in [0.05, 0.1) is 13.0 Å². The van der Waals surface area contributed by atoms with Crippen LogP contribution in [0.5, 0.6) is 5.75 Å². The van der Waals surface area contributed by atoms with Crippen LogP contribution in [0.25, 0.3) is 0 Å². The topological polar surface area (TPSA) is 38.3 Å². The van der Waals surface area contributed by atoms with Crippen LogP contribution in [0, 0.1) is 5.92 Å². The highest BCUT2D eigenvalue weighted by atomic mass is 35.5. The van der Waals surface area contributed by atoms with Crippen molar-refractivity contribution >= 4 is 23.2 Å². The normalized spacial score (nSPS) is 12.0. The Bertz CT molecular complexity index is 621. The molecule has 0 fully saturated rings. The number of amides is 1. The summed E-state index contributed by atoms with van der Waals surface area (Å²) in [6.07, 6.45) is 0. The molecule has 0 saturated carbocycles. The van der Waals surface area contributed by atoms with E-state index >= 15 is 0 Å². The molecule has 1 atom stereocenters. The molecular weight excluding hydrogens is 298 g/mol. The van der Waals surface area contributed by atoms with E-state index < -0.39 is 0 Å². The fourth-order valence-corrected chi connectivity index (χ4v) is 2.53. The number of anilines is 1. The molecule has 0 aliphatic heterocycles. The standard InChI is InChI=1S/C18H20ClNO2/c1-12(2)17(13-4-6-14(19)7-5-13)18(21)20-15-8-10-16(22-3)11-9-15/h4-12,17H,1-3H3,(H,20,21)/t17-/m1/s1. The van der Waals surface area contributed by atoms with Gasteiger partial charge in [0.1, 0.15) is 5.75 Å². The monoisotopic (exact) mass is 317 g/mol. The second kappa shape index (κ2) is 7.32. The minimum atomic E-state index is -0.223. The van der Waals surface area contributed by atoms with E-state index in [1.54, 1.807) is 7.11 Å². The third-order valence-electron chi connectivity index (χ3n) is 3.54. The van der Waals surface area contributed by atoms with Gasteiger partial charge in [-0.1, -0.05) is 37.6 Å². The summed E-state index contributed by atoms with van der Waals surface area (Å²) in [5.74, 6) is 0.692. The lowest BCUT2D eigenvalue weighted by Gasteiger charge is -2.21. The summed E-state index contributed by atoms with van der Waals surface area (Å²) in [7, 11) is 1.61. The van der Waals surface area contributed by atoms with Crippen LogP contribution in [0.4, 0.5) is 5.69 Å². The van der Waals surface area contributed by atoms with Crippen molar-refractivity contribution in [1.29, 1.82) is 0 Å². The minimum Gasteiger partial charge on any atom is -0.497 e. The Kier molecular flexibility index (Phi) is 5.45. The fraction of sp³-hybridized carbons (Fsp3) is 0.278. The average Bonchev–Trinajstić information content (AvgIpc) is 2.50. The van der Waals surface area contributed by atoms with Gasteiger partial charge in [-0.3, -0.25) is 4.79 Å². The number of halogens is 1. The van der Waals surface area contributed by atoms with Crippen molar-refractivity contribution < 1.29 is 9.53 Å². The maximum Gasteiger partial charge on any atom is 0.232 e. The molecule has 2 aromatic rings. The Morgan fingerprint density at radius 2 is 1.64 bits per heavy atom. The molecule has 0 aliphatic carbocycles. The Hall–Kier alpha value is -2.00. The third kappa shape index (κ3) is 4.01. The zero-order chi connectivity index (χ0) is 16.1. The molecule has 0 bridgehead atoms. The van der Waals surface area contributed by atoms with Gasteiger partial charge in [-0.25, -0.2) is 0 Å². The van der Waals surface area contributed by atoms with Crippen LogP contribution < -0.4 is 10.1 Å². The molecule has 0 saturated heterocycles. The first-order valence-electron chi connectivity index (χ1n) is 7.21. The van der Waals surface area contributed by atoms with Crippen LogP contribution in [-0.2, 0) is 4.79 Å². The lowest BCUT2D eigenvalue weighted by atomic mass is 9.87. The summed E-state index contributed by atoms with van der Waals surface area (Å²) >= 11 is 5.92. The van der Waals surface area contributed by atoms with Gasteiger partial charge in [0, 0.05) is 10.7 Å². The van der Waals surface area contributed by atoms with Crippen molar-refractivity contribution in [2.75, 3.05) is 12.4 Å². The van der Waals surface area contributed by atoms with Crippen molar-refractivity contribution in [3.05, 3.63) is 59.1 Å². The number of nitrogens with one attached hydrogen (secondary N) is 1. The maximum absolute atomic E-state index is 12.6. The van der Waals surface area contributed by atoms with Crippen LogP contribution in [-0.4, -0.2) is 13.0 Å². The summed E-state index contributed by atoms with van der Waals surface area (Å²) in [6.45, 7) is 4.07. The molecule has 22 heavy (non-hydrogen) atoms. The molecule has 1 amide bonds. The van der Waals surface area contributed by atoms with Gasteiger partial charge in [-0.15, -0.1) is 0 Å². The van der Waals surface area contributed by atoms with E-state index in [4.69, 9.17) is 16.3 Å². The van der Waals surface area contributed by atoms with Crippen LogP contribution in [0.1, 0.15) is 25.3 Å². The molecule has 2 aromatic carbocycles. The molecule has 0 aromatic heterocycles. The van der Waals surface area contributed by atoms with E-state index in [1.807, 2.05) is 62.4 Å².